The van der Waals surface area contributed by atoms with Crippen molar-refractivity contribution in [1.82, 2.24) is 25.0 Å². The number of nitrogens with zero attached hydrogens (tertiary/aromatic N) is 3. The number of rotatable bonds is 9. The number of thiophene rings is 1. The summed E-state index contributed by atoms with van der Waals surface area (Å²) in [6, 6.07) is 0.341. The number of nitrogens with one attached hydrogen (secondary N) is 2. The number of carbonyl (C=O) groups excluding carboxylic acids is 2. The van der Waals surface area contributed by atoms with Gasteiger partial charge in [0.25, 0.3) is 21.8 Å². The molecule has 0 aliphatic heterocycles. The van der Waals surface area contributed by atoms with Gasteiger partial charge in [-0.2, -0.15) is 0 Å². The number of hydrogen-bond acceptors (Lipinski definition) is 7. The summed E-state index contributed by atoms with van der Waals surface area (Å²) in [6.07, 6.45) is 5.43. The lowest BCUT2D eigenvalue weighted by molar-refractivity contribution is 0.0907. The van der Waals surface area contributed by atoms with Crippen LogP contribution in [0, 0.1) is 5.92 Å². The van der Waals surface area contributed by atoms with E-state index in [0.717, 1.165) is 12.5 Å². The highest BCUT2D eigenvalue weighted by molar-refractivity contribution is 7.92. The van der Waals surface area contributed by atoms with Crippen LogP contribution >= 0.6 is 22.9 Å². The number of amides is 2. The van der Waals surface area contributed by atoms with Crippen LogP contribution in [0.25, 0.3) is 0 Å². The van der Waals surface area contributed by atoms with Gasteiger partial charge in [0.2, 0.25) is 0 Å². The predicted octanol–water partition coefficient (Wildman–Crippen LogP) is 2.53. The molecule has 2 N–H and O–H groups in total. The number of halogens is 2. The second-order valence-corrected chi connectivity index (χ2v) is 11.6. The zero-order valence-corrected chi connectivity index (χ0v) is 19.0. The van der Waals surface area contributed by atoms with Crippen LogP contribution in [0.3, 0.4) is 0 Å². The van der Waals surface area contributed by atoms with E-state index in [1.54, 1.807) is 6.92 Å². The van der Waals surface area contributed by atoms with Crippen molar-refractivity contribution in [2.75, 3.05) is 0 Å². The van der Waals surface area contributed by atoms with Gasteiger partial charge in [-0.15, -0.1) is 16.4 Å². The zero-order chi connectivity index (χ0) is 22.4. The van der Waals surface area contributed by atoms with Gasteiger partial charge in [0.05, 0.1) is 17.8 Å². The molecule has 0 radical (unpaired) electrons. The van der Waals surface area contributed by atoms with Gasteiger partial charge in [-0.3, -0.25) is 14.3 Å². The molecule has 0 bridgehead atoms. The van der Waals surface area contributed by atoms with Crippen LogP contribution in [0.4, 0.5) is 4.39 Å². The number of carbonyl (C=O) groups is 2. The van der Waals surface area contributed by atoms with E-state index < -0.39 is 33.5 Å². The summed E-state index contributed by atoms with van der Waals surface area (Å²) in [6.45, 7) is 2.15. The van der Waals surface area contributed by atoms with Crippen LogP contribution in [-0.4, -0.2) is 46.9 Å². The molecule has 2 heterocycles. The molecule has 0 aromatic carbocycles. The summed E-state index contributed by atoms with van der Waals surface area (Å²) < 4.78 is 42.3. The van der Waals surface area contributed by atoms with E-state index in [0.29, 0.717) is 36.6 Å². The molecule has 1 atom stereocenters. The van der Waals surface area contributed by atoms with Crippen LogP contribution < -0.4 is 10.0 Å². The van der Waals surface area contributed by atoms with Crippen molar-refractivity contribution >= 4 is 44.8 Å². The first-order chi connectivity index (χ1) is 14.6. The standard InChI is InChI=1S/C18H21ClFN5O4S2/c1-10(18(20)5-6-18)21-16(26)12-8-14(30-15(12)19)31(28,29)23-17(27)13-9-25(24-22-13)7-4-11-2-3-11/h8-11H,2-7H2,1H3,(H,21,26)(H,23,27). The number of alkyl halides is 1. The molecule has 31 heavy (non-hydrogen) atoms. The lowest BCUT2D eigenvalue weighted by Gasteiger charge is -2.16. The lowest BCUT2D eigenvalue weighted by atomic mass is 10.1. The number of sulfonamides is 1. The SMILES string of the molecule is CC(NC(=O)c1cc(S(=O)(=O)NC(=O)c2cn(CCC3CC3)nn2)sc1Cl)C1(F)CC1. The Morgan fingerprint density at radius 1 is 1.39 bits per heavy atom. The van der Waals surface area contributed by atoms with Crippen molar-refractivity contribution in [3.05, 3.63) is 27.9 Å². The molecule has 2 amide bonds. The Morgan fingerprint density at radius 3 is 2.74 bits per heavy atom. The maximum atomic E-state index is 14.1. The van der Waals surface area contributed by atoms with Crippen LogP contribution in [-0.2, 0) is 16.6 Å². The summed E-state index contributed by atoms with van der Waals surface area (Å²) in [5.41, 5.74) is -1.66. The molecule has 2 aliphatic rings. The van der Waals surface area contributed by atoms with E-state index >= 15 is 0 Å². The first-order valence-corrected chi connectivity index (χ1v) is 12.5. The zero-order valence-electron chi connectivity index (χ0n) is 16.6. The largest absolute Gasteiger partial charge is 0.346 e. The Morgan fingerprint density at radius 2 is 2.10 bits per heavy atom. The normalized spacial score (nSPS) is 18.4. The van der Waals surface area contributed by atoms with Crippen molar-refractivity contribution in [2.45, 2.75) is 61.5 Å². The molecule has 0 saturated heterocycles. The van der Waals surface area contributed by atoms with Gasteiger partial charge in [-0.25, -0.2) is 17.5 Å². The van der Waals surface area contributed by atoms with Gasteiger partial charge < -0.3 is 5.32 Å². The highest BCUT2D eigenvalue weighted by Gasteiger charge is 2.49. The molecule has 2 fully saturated rings. The summed E-state index contributed by atoms with van der Waals surface area (Å²) >= 11 is 6.67. The first kappa shape index (κ1) is 22.2. The molecule has 168 valence electrons. The lowest BCUT2D eigenvalue weighted by Crippen LogP contribution is -2.40. The monoisotopic (exact) mass is 489 g/mol. The number of aryl methyl sites for hydroxylation is 1. The van der Waals surface area contributed by atoms with Crippen LogP contribution in [0.5, 0.6) is 0 Å². The molecule has 1 unspecified atom stereocenters. The third kappa shape index (κ3) is 5.07. The Labute approximate surface area is 187 Å². The Balaban J connectivity index is 1.41. The molecule has 9 nitrogen and oxygen atoms in total. The third-order valence-corrected chi connectivity index (χ3v) is 8.65. The fourth-order valence-corrected chi connectivity index (χ4v) is 5.73. The Bertz CT molecular complexity index is 1120. The first-order valence-electron chi connectivity index (χ1n) is 9.84. The minimum atomic E-state index is -4.29. The van der Waals surface area contributed by atoms with E-state index in [1.807, 2.05) is 4.72 Å². The highest BCUT2D eigenvalue weighted by Crippen LogP contribution is 2.43. The summed E-state index contributed by atoms with van der Waals surface area (Å²) in [5.74, 6) is -0.932. The van der Waals surface area contributed by atoms with E-state index in [1.165, 1.54) is 23.7 Å². The average Bonchev–Trinajstić information content (AvgIpc) is 3.58. The van der Waals surface area contributed by atoms with Gasteiger partial charge in [-0.05, 0) is 38.2 Å². The van der Waals surface area contributed by atoms with E-state index in [9.17, 15) is 22.4 Å². The third-order valence-electron chi connectivity index (χ3n) is 5.49. The van der Waals surface area contributed by atoms with Crippen LogP contribution in [0.15, 0.2) is 16.5 Å². The van der Waals surface area contributed by atoms with Crippen LogP contribution in [0.2, 0.25) is 4.34 Å². The van der Waals surface area contributed by atoms with Crippen molar-refractivity contribution in [3.8, 4) is 0 Å². The minimum absolute atomic E-state index is 0.0766. The molecular weight excluding hydrogens is 469 g/mol. The van der Waals surface area contributed by atoms with E-state index in [-0.39, 0.29) is 19.8 Å². The maximum Gasteiger partial charge on any atom is 0.287 e. The van der Waals surface area contributed by atoms with Crippen molar-refractivity contribution in [2.24, 2.45) is 5.92 Å². The molecule has 4 rings (SSSR count). The quantitative estimate of drug-likeness (QED) is 0.558. The van der Waals surface area contributed by atoms with Crippen LogP contribution in [0.1, 0.15) is 59.9 Å². The minimum Gasteiger partial charge on any atom is -0.346 e. The van der Waals surface area contributed by atoms with E-state index in [4.69, 9.17) is 11.6 Å². The number of hydrogen-bond donors (Lipinski definition) is 2. The highest BCUT2D eigenvalue weighted by atomic mass is 35.5. The van der Waals surface area contributed by atoms with Gasteiger partial charge >= 0.3 is 0 Å². The molecule has 2 aromatic rings. The smallest absolute Gasteiger partial charge is 0.287 e. The maximum absolute atomic E-state index is 14.1. The average molecular weight is 490 g/mol. The van der Waals surface area contributed by atoms with E-state index in [2.05, 4.69) is 15.6 Å². The molecule has 2 aromatic heterocycles. The Hall–Kier alpha value is -2.05. The summed E-state index contributed by atoms with van der Waals surface area (Å²) in [7, 11) is -4.29. The molecule has 0 spiro atoms. The van der Waals surface area contributed by atoms with Gasteiger partial charge in [0, 0.05) is 6.54 Å². The van der Waals surface area contributed by atoms with Gasteiger partial charge in [0.15, 0.2) is 5.69 Å². The van der Waals surface area contributed by atoms with Gasteiger partial charge in [0.1, 0.15) is 14.2 Å². The molecule has 13 heteroatoms. The molecule has 2 aliphatic carbocycles. The molecule has 2 saturated carbocycles. The second kappa shape index (κ2) is 8.14. The molecular formula is C18H21ClFN5O4S2. The van der Waals surface area contributed by atoms with Crippen molar-refractivity contribution in [1.29, 1.82) is 0 Å². The summed E-state index contributed by atoms with van der Waals surface area (Å²) in [5, 5.41) is 10.1. The predicted molar refractivity (Wildman–Crippen MR) is 111 cm³/mol. The second-order valence-electron chi connectivity index (χ2n) is 8.02. The van der Waals surface area contributed by atoms with Gasteiger partial charge in [-0.1, -0.05) is 29.7 Å². The number of aromatic nitrogens is 3. The van der Waals surface area contributed by atoms with Crippen molar-refractivity contribution in [3.63, 3.8) is 0 Å². The fraction of sp³-hybridized carbons (Fsp3) is 0.556. The summed E-state index contributed by atoms with van der Waals surface area (Å²) in [4.78, 5) is 24.7. The van der Waals surface area contributed by atoms with Crippen molar-refractivity contribution < 1.29 is 22.4 Å². The topological polar surface area (TPSA) is 123 Å². The fourth-order valence-electron chi connectivity index (χ4n) is 3.05. The Kier molecular flexibility index (Phi) is 5.81.